The van der Waals surface area contributed by atoms with Crippen LogP contribution in [0, 0.1) is 17.8 Å². The average Bonchev–Trinajstić information content (AvgIpc) is 2.95. The summed E-state index contributed by atoms with van der Waals surface area (Å²) in [7, 11) is 1.86. The Balaban J connectivity index is 1.97. The van der Waals surface area contributed by atoms with Crippen molar-refractivity contribution in [3.05, 3.63) is 30.1 Å². The number of piperidine rings is 1. The number of likely N-dealkylation sites (tertiary alicyclic amines) is 2. The van der Waals surface area contributed by atoms with Crippen LogP contribution in [0.25, 0.3) is 0 Å². The molecule has 3 atom stereocenters. The molecule has 6 heteroatoms. The lowest BCUT2D eigenvalue weighted by Crippen LogP contribution is -2.50. The van der Waals surface area contributed by atoms with Gasteiger partial charge in [0.1, 0.15) is 5.54 Å². The van der Waals surface area contributed by atoms with E-state index in [9.17, 15) is 14.7 Å². The number of hydrogen-bond donors (Lipinski definition) is 1. The third-order valence-corrected chi connectivity index (χ3v) is 6.61. The third kappa shape index (κ3) is 3.79. The second kappa shape index (κ2) is 8.19. The molecule has 1 aromatic rings. The zero-order chi connectivity index (χ0) is 20.5. The molecule has 3 rings (SSSR count). The highest BCUT2D eigenvalue weighted by Crippen LogP contribution is 2.49. The SMILES string of the molecule is CC(C)C[C@@]1(C(=O)O)C[C@H](C(=O)N2CCC(C)CC2)[C@H](c2cccnc2)N1C. The third-order valence-electron chi connectivity index (χ3n) is 6.61. The van der Waals surface area contributed by atoms with Gasteiger partial charge in [0.15, 0.2) is 0 Å². The summed E-state index contributed by atoms with van der Waals surface area (Å²) in [5, 5.41) is 10.2. The van der Waals surface area contributed by atoms with Crippen LogP contribution >= 0.6 is 0 Å². The maximum Gasteiger partial charge on any atom is 0.324 e. The van der Waals surface area contributed by atoms with Crippen molar-refractivity contribution in [2.75, 3.05) is 20.1 Å². The van der Waals surface area contributed by atoms with Crippen LogP contribution in [0.2, 0.25) is 0 Å². The molecule has 1 aromatic heterocycles. The molecule has 6 nitrogen and oxygen atoms in total. The molecule has 2 aliphatic heterocycles. The van der Waals surface area contributed by atoms with E-state index in [2.05, 4.69) is 11.9 Å². The average molecular weight is 388 g/mol. The van der Waals surface area contributed by atoms with Gasteiger partial charge in [-0.05, 0) is 56.2 Å². The monoisotopic (exact) mass is 387 g/mol. The Morgan fingerprint density at radius 1 is 1.32 bits per heavy atom. The Hall–Kier alpha value is -1.95. The van der Waals surface area contributed by atoms with Crippen LogP contribution in [0.3, 0.4) is 0 Å². The number of amides is 1. The van der Waals surface area contributed by atoms with E-state index in [1.165, 1.54) is 0 Å². The van der Waals surface area contributed by atoms with Crippen LogP contribution < -0.4 is 0 Å². The van der Waals surface area contributed by atoms with E-state index in [4.69, 9.17) is 0 Å². The molecule has 0 spiro atoms. The van der Waals surface area contributed by atoms with Gasteiger partial charge in [-0.1, -0.05) is 26.8 Å². The van der Waals surface area contributed by atoms with Crippen molar-refractivity contribution in [1.82, 2.24) is 14.8 Å². The molecule has 0 unspecified atom stereocenters. The van der Waals surface area contributed by atoms with Crippen molar-refractivity contribution in [1.29, 1.82) is 0 Å². The number of hydrogen-bond acceptors (Lipinski definition) is 4. The quantitative estimate of drug-likeness (QED) is 0.840. The molecule has 1 N–H and O–H groups in total. The predicted octanol–water partition coefficient (Wildman–Crippen LogP) is 3.20. The molecule has 0 aromatic carbocycles. The zero-order valence-corrected chi connectivity index (χ0v) is 17.5. The smallest absolute Gasteiger partial charge is 0.324 e. The van der Waals surface area contributed by atoms with Crippen molar-refractivity contribution in [2.24, 2.45) is 17.8 Å². The first-order valence-electron chi connectivity index (χ1n) is 10.4. The van der Waals surface area contributed by atoms with Gasteiger partial charge in [0.05, 0.1) is 5.92 Å². The minimum Gasteiger partial charge on any atom is -0.480 e. The number of aromatic nitrogens is 1. The summed E-state index contributed by atoms with van der Waals surface area (Å²) in [5.74, 6) is -0.238. The lowest BCUT2D eigenvalue weighted by atomic mass is 9.83. The fourth-order valence-electron chi connectivity index (χ4n) is 5.08. The normalized spacial score (nSPS) is 29.4. The Morgan fingerprint density at radius 3 is 2.54 bits per heavy atom. The van der Waals surface area contributed by atoms with Gasteiger partial charge >= 0.3 is 5.97 Å². The van der Waals surface area contributed by atoms with E-state index in [-0.39, 0.29) is 23.8 Å². The van der Waals surface area contributed by atoms with Gasteiger partial charge in [-0.25, -0.2) is 0 Å². The fraction of sp³-hybridized carbons (Fsp3) is 0.682. The minimum atomic E-state index is -1.03. The molecule has 0 bridgehead atoms. The van der Waals surface area contributed by atoms with Crippen LogP contribution in [-0.4, -0.2) is 57.4 Å². The molecular weight excluding hydrogens is 354 g/mol. The molecule has 154 valence electrons. The van der Waals surface area contributed by atoms with Gasteiger partial charge in [0.2, 0.25) is 5.91 Å². The molecule has 0 saturated carbocycles. The topological polar surface area (TPSA) is 73.7 Å². The maximum atomic E-state index is 13.5. The Bertz CT molecular complexity index is 700. The van der Waals surface area contributed by atoms with Crippen molar-refractivity contribution in [2.45, 2.75) is 58.0 Å². The summed E-state index contributed by atoms with van der Waals surface area (Å²) in [5.41, 5.74) is -0.112. The summed E-state index contributed by atoms with van der Waals surface area (Å²) in [6.45, 7) is 7.84. The molecular formula is C22H33N3O3. The van der Waals surface area contributed by atoms with Gasteiger partial charge in [-0.2, -0.15) is 0 Å². The molecule has 2 aliphatic rings. The highest BCUT2D eigenvalue weighted by atomic mass is 16.4. The molecule has 2 fully saturated rings. The molecule has 0 radical (unpaired) electrons. The van der Waals surface area contributed by atoms with Crippen molar-refractivity contribution in [3.63, 3.8) is 0 Å². The van der Waals surface area contributed by atoms with Gasteiger partial charge in [-0.15, -0.1) is 0 Å². The number of likely N-dealkylation sites (N-methyl/N-ethyl adjacent to an activating group) is 1. The number of carboxylic acid groups (broad SMARTS) is 1. The number of carboxylic acids is 1. The predicted molar refractivity (Wildman–Crippen MR) is 108 cm³/mol. The van der Waals surface area contributed by atoms with Crippen LogP contribution in [-0.2, 0) is 9.59 Å². The van der Waals surface area contributed by atoms with Crippen molar-refractivity contribution < 1.29 is 14.7 Å². The Labute approximate surface area is 167 Å². The van der Waals surface area contributed by atoms with Gasteiger partial charge in [-0.3, -0.25) is 19.5 Å². The highest BCUT2D eigenvalue weighted by molar-refractivity contribution is 5.85. The van der Waals surface area contributed by atoms with E-state index >= 15 is 0 Å². The number of nitrogens with zero attached hydrogens (tertiary/aromatic N) is 3. The van der Waals surface area contributed by atoms with Crippen LogP contribution in [0.4, 0.5) is 0 Å². The minimum absolute atomic E-state index is 0.0967. The Kier molecular flexibility index (Phi) is 6.08. The van der Waals surface area contributed by atoms with Gasteiger partial charge < -0.3 is 10.0 Å². The molecule has 28 heavy (non-hydrogen) atoms. The molecule has 3 heterocycles. The zero-order valence-electron chi connectivity index (χ0n) is 17.5. The fourth-order valence-corrected chi connectivity index (χ4v) is 5.08. The number of rotatable bonds is 5. The largest absolute Gasteiger partial charge is 0.480 e. The van der Waals surface area contributed by atoms with Gasteiger partial charge in [0.25, 0.3) is 0 Å². The van der Waals surface area contributed by atoms with E-state index in [0.29, 0.717) is 18.8 Å². The first-order chi connectivity index (χ1) is 13.3. The van der Waals surface area contributed by atoms with Crippen LogP contribution in [0.5, 0.6) is 0 Å². The summed E-state index contributed by atoms with van der Waals surface area (Å²) < 4.78 is 0. The van der Waals surface area contributed by atoms with Crippen molar-refractivity contribution >= 4 is 11.9 Å². The van der Waals surface area contributed by atoms with Gasteiger partial charge in [0, 0.05) is 31.5 Å². The molecule has 0 aliphatic carbocycles. The maximum absolute atomic E-state index is 13.5. The van der Waals surface area contributed by atoms with E-state index in [0.717, 1.165) is 31.5 Å². The summed E-state index contributed by atoms with van der Waals surface area (Å²) in [4.78, 5) is 34.1. The first kappa shape index (κ1) is 20.8. The van der Waals surface area contributed by atoms with E-state index in [1.54, 1.807) is 12.4 Å². The summed E-state index contributed by atoms with van der Waals surface area (Å²) >= 11 is 0. The standard InChI is InChI=1S/C22H33N3O3/c1-15(2)12-22(21(27)28)13-18(20(26)25-10-7-16(3)8-11-25)19(24(22)4)17-6-5-9-23-14-17/h5-6,9,14-16,18-19H,7-8,10-13H2,1-4H3,(H,27,28)/t18-,19-,22-/m0/s1. The second-order valence-electron chi connectivity index (χ2n) is 9.10. The molecule has 2 saturated heterocycles. The van der Waals surface area contributed by atoms with E-state index in [1.807, 2.05) is 42.8 Å². The van der Waals surface area contributed by atoms with E-state index < -0.39 is 11.5 Å². The number of aliphatic carboxylic acids is 1. The first-order valence-corrected chi connectivity index (χ1v) is 10.4. The van der Waals surface area contributed by atoms with Crippen LogP contribution in [0.15, 0.2) is 24.5 Å². The number of carbonyl (C=O) groups excluding carboxylic acids is 1. The Morgan fingerprint density at radius 2 is 2.00 bits per heavy atom. The number of carbonyl (C=O) groups is 2. The van der Waals surface area contributed by atoms with Crippen LogP contribution in [0.1, 0.15) is 58.1 Å². The lowest BCUT2D eigenvalue weighted by molar-refractivity contribution is -0.151. The summed E-state index contributed by atoms with van der Waals surface area (Å²) in [6, 6.07) is 3.55. The number of pyridine rings is 1. The highest BCUT2D eigenvalue weighted by Gasteiger charge is 2.57. The summed E-state index contributed by atoms with van der Waals surface area (Å²) in [6.07, 6.45) is 6.38. The second-order valence-corrected chi connectivity index (χ2v) is 9.10. The van der Waals surface area contributed by atoms with Crippen molar-refractivity contribution in [3.8, 4) is 0 Å². The lowest BCUT2D eigenvalue weighted by Gasteiger charge is -2.36. The molecule has 1 amide bonds.